The van der Waals surface area contributed by atoms with Crippen molar-refractivity contribution < 1.29 is 28.5 Å². The van der Waals surface area contributed by atoms with Gasteiger partial charge in [0.15, 0.2) is 0 Å². The molecule has 2 atom stereocenters. The van der Waals surface area contributed by atoms with E-state index in [0.29, 0.717) is 0 Å². The van der Waals surface area contributed by atoms with Gasteiger partial charge in [0.1, 0.15) is 13.2 Å². The number of alkyl carbamates (subject to hydrolysis) is 2. The summed E-state index contributed by atoms with van der Waals surface area (Å²) in [5, 5.41) is 5.69. The van der Waals surface area contributed by atoms with Gasteiger partial charge in [0.05, 0.1) is 12.2 Å². The lowest BCUT2D eigenvalue weighted by Gasteiger charge is -2.29. The molecule has 0 aromatic rings. The molecule has 0 aromatic carbocycles. The Morgan fingerprint density at radius 1 is 0.833 bits per heavy atom. The Balaban J connectivity index is 2.17. The average molecular weight is 346 g/mol. The Bertz CT molecular complexity index is 349. The van der Waals surface area contributed by atoms with Crippen molar-refractivity contribution in [3.8, 4) is 0 Å². The zero-order valence-electron chi connectivity index (χ0n) is 15.0. The third-order valence-corrected chi connectivity index (χ3v) is 4.07. The lowest BCUT2D eigenvalue weighted by Crippen LogP contribution is -2.44. The maximum Gasteiger partial charge on any atom is 0.407 e. The zero-order valence-corrected chi connectivity index (χ0v) is 15.0. The zero-order chi connectivity index (χ0) is 17.9. The van der Waals surface area contributed by atoms with Crippen molar-refractivity contribution in [2.24, 2.45) is 0 Å². The molecule has 8 nitrogen and oxygen atoms in total. The predicted molar refractivity (Wildman–Crippen MR) is 88.0 cm³/mol. The molecule has 0 aromatic heterocycles. The van der Waals surface area contributed by atoms with Crippen molar-refractivity contribution in [3.05, 3.63) is 0 Å². The van der Waals surface area contributed by atoms with E-state index in [1.54, 1.807) is 14.2 Å². The molecule has 2 unspecified atom stereocenters. The monoisotopic (exact) mass is 346 g/mol. The summed E-state index contributed by atoms with van der Waals surface area (Å²) in [6.07, 6.45) is 2.04. The number of carbonyl (C=O) groups is 2. The molecule has 24 heavy (non-hydrogen) atoms. The van der Waals surface area contributed by atoms with Gasteiger partial charge in [-0.2, -0.15) is 0 Å². The molecule has 8 heteroatoms. The molecule has 1 rings (SSSR count). The van der Waals surface area contributed by atoms with E-state index in [-0.39, 0.29) is 37.5 Å². The van der Waals surface area contributed by atoms with Crippen LogP contribution in [0.5, 0.6) is 0 Å². The second-order valence-electron chi connectivity index (χ2n) is 6.13. The van der Waals surface area contributed by atoms with Crippen molar-refractivity contribution in [1.82, 2.24) is 10.6 Å². The molecule has 140 valence electrons. The highest BCUT2D eigenvalue weighted by atomic mass is 16.6. The van der Waals surface area contributed by atoms with Crippen LogP contribution in [0.1, 0.15) is 39.5 Å². The van der Waals surface area contributed by atoms with Crippen molar-refractivity contribution in [3.63, 3.8) is 0 Å². The highest BCUT2D eigenvalue weighted by molar-refractivity contribution is 5.68. The van der Waals surface area contributed by atoms with E-state index < -0.39 is 12.2 Å². The van der Waals surface area contributed by atoms with Gasteiger partial charge in [-0.15, -0.1) is 0 Å². The number of ether oxygens (including phenoxy) is 4. The molecular weight excluding hydrogens is 316 g/mol. The summed E-state index contributed by atoms with van der Waals surface area (Å²) in [4.78, 5) is 23.4. The fourth-order valence-electron chi connectivity index (χ4n) is 2.32. The lowest BCUT2D eigenvalue weighted by molar-refractivity contribution is 0.0427. The average Bonchev–Trinajstić information content (AvgIpc) is 2.59. The summed E-state index contributed by atoms with van der Waals surface area (Å²) in [6, 6.07) is 0.135. The molecule has 1 aliphatic rings. The molecule has 1 aliphatic carbocycles. The van der Waals surface area contributed by atoms with Gasteiger partial charge in [-0.05, 0) is 39.5 Å². The number of nitrogens with one attached hydrogen (secondary N) is 2. The predicted octanol–water partition coefficient (Wildman–Crippen LogP) is 1.82. The second-order valence-corrected chi connectivity index (χ2v) is 6.13. The Hall–Kier alpha value is -1.54. The lowest BCUT2D eigenvalue weighted by atomic mass is 9.91. The molecule has 1 fully saturated rings. The van der Waals surface area contributed by atoms with Crippen LogP contribution in [0.25, 0.3) is 0 Å². The number of carbonyl (C=O) groups excluding carboxylic acids is 2. The van der Waals surface area contributed by atoms with Crippen LogP contribution in [-0.4, -0.2) is 63.9 Å². The summed E-state index contributed by atoms with van der Waals surface area (Å²) >= 11 is 0. The minimum atomic E-state index is -0.428. The largest absolute Gasteiger partial charge is 0.447 e. The molecule has 1 saturated carbocycles. The van der Waals surface area contributed by atoms with E-state index >= 15 is 0 Å². The van der Waals surface area contributed by atoms with Crippen LogP contribution in [0.4, 0.5) is 9.59 Å². The Morgan fingerprint density at radius 2 is 1.17 bits per heavy atom. The van der Waals surface area contributed by atoms with Crippen LogP contribution >= 0.6 is 0 Å². The number of hydrogen-bond acceptors (Lipinski definition) is 6. The first-order chi connectivity index (χ1) is 11.4. The summed E-state index contributed by atoms with van der Waals surface area (Å²) in [7, 11) is 3.14. The van der Waals surface area contributed by atoms with Gasteiger partial charge in [-0.3, -0.25) is 0 Å². The molecule has 0 saturated heterocycles. The number of hydrogen-bond donors (Lipinski definition) is 2. The molecule has 0 bridgehead atoms. The van der Waals surface area contributed by atoms with E-state index in [4.69, 9.17) is 18.9 Å². The Morgan fingerprint density at radius 3 is 1.46 bits per heavy atom. The molecule has 2 N–H and O–H groups in total. The van der Waals surface area contributed by atoms with Gasteiger partial charge >= 0.3 is 12.2 Å². The van der Waals surface area contributed by atoms with E-state index in [1.165, 1.54) is 0 Å². The Kier molecular flexibility index (Phi) is 9.48. The molecule has 0 spiro atoms. The molecular formula is C16H30N2O6. The van der Waals surface area contributed by atoms with Crippen molar-refractivity contribution in [1.29, 1.82) is 0 Å². The number of methoxy groups -OCH3 is 2. The fraction of sp³-hybridized carbons (Fsp3) is 0.875. The van der Waals surface area contributed by atoms with E-state index in [0.717, 1.165) is 25.7 Å². The highest BCUT2D eigenvalue weighted by Gasteiger charge is 2.24. The topological polar surface area (TPSA) is 95.1 Å². The SMILES string of the molecule is COC(C)COC(=O)NC1CCC(NC(=O)OCC(C)OC)CC1. The number of rotatable bonds is 8. The standard InChI is InChI=1S/C16H30N2O6/c1-11(21-3)9-23-15(19)17-13-5-7-14(8-6-13)18-16(20)24-10-12(2)22-4/h11-14H,5-10H2,1-4H3,(H,17,19)(H,18,20). The summed E-state index contributed by atoms with van der Waals surface area (Å²) < 4.78 is 20.2. The van der Waals surface area contributed by atoms with Crippen molar-refractivity contribution in [2.75, 3.05) is 27.4 Å². The summed E-state index contributed by atoms with van der Waals surface area (Å²) in [5.74, 6) is 0. The van der Waals surface area contributed by atoms with Crippen molar-refractivity contribution in [2.45, 2.75) is 63.8 Å². The first-order valence-electron chi connectivity index (χ1n) is 8.36. The normalized spacial score (nSPS) is 23.0. The highest BCUT2D eigenvalue weighted by Crippen LogP contribution is 2.19. The minimum Gasteiger partial charge on any atom is -0.447 e. The van der Waals surface area contributed by atoms with Gasteiger partial charge in [0.25, 0.3) is 0 Å². The van der Waals surface area contributed by atoms with Crippen LogP contribution in [0, 0.1) is 0 Å². The quantitative estimate of drug-likeness (QED) is 0.696. The maximum absolute atomic E-state index is 11.7. The van der Waals surface area contributed by atoms with Gasteiger partial charge in [0, 0.05) is 26.3 Å². The third-order valence-electron chi connectivity index (χ3n) is 4.07. The van der Waals surface area contributed by atoms with Gasteiger partial charge in [0.2, 0.25) is 0 Å². The Labute approximate surface area is 143 Å². The summed E-state index contributed by atoms with van der Waals surface area (Å²) in [5.41, 5.74) is 0. The van der Waals surface area contributed by atoms with Crippen LogP contribution in [0.15, 0.2) is 0 Å². The van der Waals surface area contributed by atoms with Crippen LogP contribution in [0.3, 0.4) is 0 Å². The van der Waals surface area contributed by atoms with Gasteiger partial charge < -0.3 is 29.6 Å². The maximum atomic E-state index is 11.7. The molecule has 0 aliphatic heterocycles. The summed E-state index contributed by atoms with van der Waals surface area (Å²) in [6.45, 7) is 4.11. The first kappa shape index (κ1) is 20.5. The van der Waals surface area contributed by atoms with E-state index in [1.807, 2.05) is 13.8 Å². The third kappa shape index (κ3) is 8.35. The minimum absolute atomic E-state index is 0.0675. The van der Waals surface area contributed by atoms with Crippen LogP contribution in [0.2, 0.25) is 0 Å². The smallest absolute Gasteiger partial charge is 0.407 e. The van der Waals surface area contributed by atoms with E-state index in [2.05, 4.69) is 10.6 Å². The molecule has 0 heterocycles. The number of amides is 2. The molecule has 2 amide bonds. The first-order valence-corrected chi connectivity index (χ1v) is 8.36. The van der Waals surface area contributed by atoms with E-state index in [9.17, 15) is 9.59 Å². The van der Waals surface area contributed by atoms with Crippen LogP contribution in [-0.2, 0) is 18.9 Å². The molecule has 0 radical (unpaired) electrons. The van der Waals surface area contributed by atoms with Gasteiger partial charge in [-0.25, -0.2) is 9.59 Å². The fourth-order valence-corrected chi connectivity index (χ4v) is 2.32. The van der Waals surface area contributed by atoms with Gasteiger partial charge in [-0.1, -0.05) is 0 Å². The van der Waals surface area contributed by atoms with Crippen LogP contribution < -0.4 is 10.6 Å². The second kappa shape index (κ2) is 11.1. The van der Waals surface area contributed by atoms with Crippen molar-refractivity contribution >= 4 is 12.2 Å².